The van der Waals surface area contributed by atoms with Crippen molar-refractivity contribution in [3.05, 3.63) is 66.5 Å². The van der Waals surface area contributed by atoms with Crippen LogP contribution in [0.15, 0.2) is 60.9 Å². The van der Waals surface area contributed by atoms with Gasteiger partial charge in [-0.05, 0) is 49.6 Å². The van der Waals surface area contributed by atoms with Gasteiger partial charge in [-0.2, -0.15) is 0 Å². The number of anilines is 3. The monoisotopic (exact) mass is 491 g/mol. The van der Waals surface area contributed by atoms with E-state index in [2.05, 4.69) is 25.5 Å². The summed E-state index contributed by atoms with van der Waals surface area (Å²) in [6.45, 7) is 3.95. The van der Waals surface area contributed by atoms with Gasteiger partial charge in [-0.25, -0.2) is 9.78 Å². The zero-order valence-corrected chi connectivity index (χ0v) is 20.0. The van der Waals surface area contributed by atoms with Crippen molar-refractivity contribution in [2.24, 2.45) is 0 Å². The number of carboxylic acid groups (broad SMARTS) is 1. The van der Waals surface area contributed by atoms with Crippen LogP contribution >= 0.6 is 0 Å². The lowest BCUT2D eigenvalue weighted by Gasteiger charge is -2.33. The number of carboxylic acids is 1. The minimum Gasteiger partial charge on any atom is -0.490 e. The van der Waals surface area contributed by atoms with E-state index in [4.69, 9.17) is 14.6 Å². The first-order valence-electron chi connectivity index (χ1n) is 11.8. The van der Waals surface area contributed by atoms with Gasteiger partial charge in [0, 0.05) is 12.2 Å². The van der Waals surface area contributed by atoms with Gasteiger partial charge in [-0.15, -0.1) is 0 Å². The van der Waals surface area contributed by atoms with E-state index >= 15 is 0 Å². The zero-order chi connectivity index (χ0) is 25.3. The molecule has 0 radical (unpaired) electrons. The summed E-state index contributed by atoms with van der Waals surface area (Å²) in [5, 5.41) is 14.3. The van der Waals surface area contributed by atoms with E-state index < -0.39 is 12.0 Å². The van der Waals surface area contributed by atoms with Crippen molar-refractivity contribution >= 4 is 29.3 Å². The molecule has 1 saturated heterocycles. The van der Waals surface area contributed by atoms with Gasteiger partial charge in [0.05, 0.1) is 32.0 Å². The van der Waals surface area contributed by atoms with Crippen LogP contribution in [0.1, 0.15) is 25.3 Å². The molecule has 0 aliphatic carbocycles. The lowest BCUT2D eigenvalue weighted by Crippen LogP contribution is -2.41. The van der Waals surface area contributed by atoms with Gasteiger partial charge in [0.25, 0.3) is 0 Å². The van der Waals surface area contributed by atoms with Crippen molar-refractivity contribution in [1.82, 2.24) is 9.97 Å². The molecule has 3 N–H and O–H groups in total. The van der Waals surface area contributed by atoms with Gasteiger partial charge in [-0.3, -0.25) is 15.1 Å². The highest BCUT2D eigenvalue weighted by molar-refractivity contribution is 5.99. The van der Waals surface area contributed by atoms with Crippen molar-refractivity contribution in [2.45, 2.75) is 32.3 Å². The average Bonchev–Trinajstić information content (AvgIpc) is 2.87. The number of rotatable bonds is 9. The van der Waals surface area contributed by atoms with Gasteiger partial charge in [0.2, 0.25) is 0 Å². The van der Waals surface area contributed by atoms with Gasteiger partial charge in [0.1, 0.15) is 11.9 Å². The van der Waals surface area contributed by atoms with Crippen LogP contribution < -0.4 is 25.0 Å². The fourth-order valence-electron chi connectivity index (χ4n) is 3.97. The molecule has 10 heteroatoms. The van der Waals surface area contributed by atoms with Crippen LogP contribution in [0.3, 0.4) is 0 Å². The summed E-state index contributed by atoms with van der Waals surface area (Å²) in [4.78, 5) is 34.1. The molecular formula is C26H29N5O5. The molecule has 1 aromatic heterocycles. The Morgan fingerprint density at radius 3 is 2.61 bits per heavy atom. The summed E-state index contributed by atoms with van der Waals surface area (Å²) in [6.07, 6.45) is 4.88. The Morgan fingerprint density at radius 1 is 1.08 bits per heavy atom. The molecule has 2 amide bonds. The summed E-state index contributed by atoms with van der Waals surface area (Å²) in [7, 11) is 0. The van der Waals surface area contributed by atoms with Crippen LogP contribution in [-0.4, -0.2) is 52.9 Å². The fourth-order valence-corrected chi connectivity index (χ4v) is 3.97. The second kappa shape index (κ2) is 11.9. The van der Waals surface area contributed by atoms with Crippen molar-refractivity contribution < 1.29 is 24.2 Å². The van der Waals surface area contributed by atoms with Gasteiger partial charge < -0.3 is 24.8 Å². The molecule has 1 aliphatic rings. The largest absolute Gasteiger partial charge is 0.490 e. The molecule has 3 aromatic rings. The highest BCUT2D eigenvalue weighted by Crippen LogP contribution is 2.30. The molecule has 4 rings (SSSR count). The topological polar surface area (TPSA) is 126 Å². The standard InChI is InChI=1S/C26H29N5O5/c1-2-35-21-7-3-4-8-22(21)36-20-6-5-13-31(17-20)24-16-27-15-23(29-24)30-26(34)28-19-11-9-18(10-12-19)14-25(32)33/h3-4,7-12,15-16,20H,2,5-6,13-14,17H2,1H3,(H,32,33)(H2,28,29,30,34). The Hall–Kier alpha value is -4.34. The molecule has 10 nitrogen and oxygen atoms in total. The number of carbonyl (C=O) groups is 2. The van der Waals surface area contributed by atoms with Crippen molar-refractivity contribution in [3.63, 3.8) is 0 Å². The fraction of sp³-hybridized carbons (Fsp3) is 0.308. The Morgan fingerprint density at radius 2 is 1.86 bits per heavy atom. The second-order valence-electron chi connectivity index (χ2n) is 8.32. The number of nitrogens with zero attached hydrogens (tertiary/aromatic N) is 3. The highest BCUT2D eigenvalue weighted by Gasteiger charge is 2.24. The zero-order valence-electron chi connectivity index (χ0n) is 20.0. The maximum atomic E-state index is 12.4. The predicted octanol–water partition coefficient (Wildman–Crippen LogP) is 4.19. The van der Waals surface area contributed by atoms with Gasteiger partial charge in [-0.1, -0.05) is 24.3 Å². The Bertz CT molecular complexity index is 1190. The van der Waals surface area contributed by atoms with Crippen molar-refractivity contribution in [1.29, 1.82) is 0 Å². The number of carbonyl (C=O) groups excluding carboxylic acids is 1. The van der Waals surface area contributed by atoms with Crippen LogP contribution in [0.4, 0.5) is 22.1 Å². The number of aromatic nitrogens is 2. The van der Waals surface area contributed by atoms with E-state index in [1.807, 2.05) is 31.2 Å². The number of amides is 2. The van der Waals surface area contributed by atoms with E-state index in [1.165, 1.54) is 6.20 Å². The number of ether oxygens (including phenoxy) is 2. The summed E-state index contributed by atoms with van der Waals surface area (Å²) < 4.78 is 11.9. The maximum absolute atomic E-state index is 12.4. The van der Waals surface area contributed by atoms with Crippen LogP contribution in [0.25, 0.3) is 0 Å². The number of nitrogens with one attached hydrogen (secondary N) is 2. The molecular weight excluding hydrogens is 462 g/mol. The first kappa shape index (κ1) is 24.8. The number of hydrogen-bond donors (Lipinski definition) is 3. The molecule has 2 heterocycles. The lowest BCUT2D eigenvalue weighted by atomic mass is 10.1. The van der Waals surface area contributed by atoms with Crippen LogP contribution in [0, 0.1) is 0 Å². The van der Waals surface area contributed by atoms with Gasteiger partial charge in [0.15, 0.2) is 17.3 Å². The average molecular weight is 492 g/mol. The Kier molecular flexibility index (Phi) is 8.17. The van der Waals surface area contributed by atoms with Crippen molar-refractivity contribution in [2.75, 3.05) is 35.2 Å². The number of piperidine rings is 1. The van der Waals surface area contributed by atoms with E-state index in [0.717, 1.165) is 30.9 Å². The summed E-state index contributed by atoms with van der Waals surface area (Å²) in [5.41, 5.74) is 1.19. The SMILES string of the molecule is CCOc1ccccc1OC1CCCN(c2cncc(NC(=O)Nc3ccc(CC(=O)O)cc3)n2)C1. The Labute approximate surface area is 209 Å². The molecule has 1 aliphatic heterocycles. The third-order valence-electron chi connectivity index (χ3n) is 5.58. The van der Waals surface area contributed by atoms with E-state index in [-0.39, 0.29) is 12.5 Å². The van der Waals surface area contributed by atoms with Gasteiger partial charge >= 0.3 is 12.0 Å². The van der Waals surface area contributed by atoms with E-state index in [0.29, 0.717) is 36.0 Å². The molecule has 36 heavy (non-hydrogen) atoms. The molecule has 1 unspecified atom stereocenters. The molecule has 0 spiro atoms. The molecule has 188 valence electrons. The first-order valence-corrected chi connectivity index (χ1v) is 11.8. The molecule has 1 fully saturated rings. The van der Waals surface area contributed by atoms with E-state index in [1.54, 1.807) is 30.5 Å². The lowest BCUT2D eigenvalue weighted by molar-refractivity contribution is -0.136. The number of benzene rings is 2. The third-order valence-corrected chi connectivity index (χ3v) is 5.58. The number of para-hydroxylation sites is 2. The molecule has 1 atom stereocenters. The maximum Gasteiger partial charge on any atom is 0.324 e. The van der Waals surface area contributed by atoms with Crippen molar-refractivity contribution in [3.8, 4) is 11.5 Å². The Balaban J connectivity index is 1.35. The number of hydrogen-bond acceptors (Lipinski definition) is 7. The quantitative estimate of drug-likeness (QED) is 0.407. The minimum absolute atomic E-state index is 0.0360. The summed E-state index contributed by atoms with van der Waals surface area (Å²) in [6, 6.07) is 13.8. The number of urea groups is 1. The first-order chi connectivity index (χ1) is 17.5. The summed E-state index contributed by atoms with van der Waals surface area (Å²) >= 11 is 0. The molecule has 2 aromatic carbocycles. The number of aliphatic carboxylic acids is 1. The van der Waals surface area contributed by atoms with Crippen LogP contribution in [0.5, 0.6) is 11.5 Å². The van der Waals surface area contributed by atoms with Crippen LogP contribution in [-0.2, 0) is 11.2 Å². The minimum atomic E-state index is -0.908. The second-order valence-corrected chi connectivity index (χ2v) is 8.32. The molecule has 0 bridgehead atoms. The summed E-state index contributed by atoms with van der Waals surface area (Å²) in [5.74, 6) is 1.51. The predicted molar refractivity (Wildman–Crippen MR) is 136 cm³/mol. The highest BCUT2D eigenvalue weighted by atomic mass is 16.5. The van der Waals surface area contributed by atoms with Crippen LogP contribution in [0.2, 0.25) is 0 Å². The normalized spacial score (nSPS) is 15.1. The molecule has 0 saturated carbocycles. The smallest absolute Gasteiger partial charge is 0.324 e. The van der Waals surface area contributed by atoms with E-state index in [9.17, 15) is 9.59 Å². The third kappa shape index (κ3) is 6.84.